The van der Waals surface area contributed by atoms with Crippen LogP contribution in [-0.2, 0) is 12.8 Å². The van der Waals surface area contributed by atoms with Crippen LogP contribution >= 0.6 is 22.6 Å². The zero-order valence-electron chi connectivity index (χ0n) is 11.6. The van der Waals surface area contributed by atoms with Crippen LogP contribution in [0.5, 0.6) is 5.75 Å². The number of para-hydroxylation sites is 1. The molecule has 1 N–H and O–H groups in total. The molecule has 1 heterocycles. The second-order valence-electron chi connectivity index (χ2n) is 4.51. The molecule has 2 rings (SSSR count). The van der Waals surface area contributed by atoms with Gasteiger partial charge in [0.25, 0.3) is 5.56 Å². The number of ether oxygens (including phenoxy) is 1. The highest BCUT2D eigenvalue weighted by atomic mass is 127. The molecule has 0 amide bonds. The molecule has 20 heavy (non-hydrogen) atoms. The molecule has 4 nitrogen and oxygen atoms in total. The quantitative estimate of drug-likeness (QED) is 0.807. The maximum absolute atomic E-state index is 11.9. The number of hydrogen-bond acceptors (Lipinski definition) is 3. The smallest absolute Gasteiger partial charge is 0.264 e. The third kappa shape index (κ3) is 3.39. The largest absolute Gasteiger partial charge is 0.496 e. The first-order valence-corrected chi connectivity index (χ1v) is 7.63. The van der Waals surface area contributed by atoms with Gasteiger partial charge >= 0.3 is 0 Å². The van der Waals surface area contributed by atoms with Crippen molar-refractivity contribution in [3.05, 3.63) is 55.3 Å². The lowest BCUT2D eigenvalue weighted by atomic mass is 10.1. The average molecular weight is 384 g/mol. The van der Waals surface area contributed by atoms with E-state index in [1.165, 1.54) is 0 Å². The highest BCUT2D eigenvalue weighted by molar-refractivity contribution is 14.1. The maximum atomic E-state index is 11.9. The van der Waals surface area contributed by atoms with E-state index in [1.54, 1.807) is 7.11 Å². The van der Waals surface area contributed by atoms with Gasteiger partial charge in [0.2, 0.25) is 0 Å². The molecular formula is C15H17IN2O2. The van der Waals surface area contributed by atoms with Crippen LogP contribution in [0.3, 0.4) is 0 Å². The molecule has 5 heteroatoms. The van der Waals surface area contributed by atoms with Crippen molar-refractivity contribution < 1.29 is 4.74 Å². The summed E-state index contributed by atoms with van der Waals surface area (Å²) in [4.78, 5) is 19.4. The van der Waals surface area contributed by atoms with Crippen molar-refractivity contribution in [2.24, 2.45) is 0 Å². The van der Waals surface area contributed by atoms with Crippen LogP contribution in [0.1, 0.15) is 30.4 Å². The molecule has 0 bridgehead atoms. The molecule has 0 fully saturated rings. The minimum Gasteiger partial charge on any atom is -0.496 e. The van der Waals surface area contributed by atoms with E-state index in [-0.39, 0.29) is 5.56 Å². The minimum absolute atomic E-state index is 0.0612. The lowest BCUT2D eigenvalue weighted by Crippen LogP contribution is -2.18. The molecule has 0 atom stereocenters. The molecule has 0 aliphatic heterocycles. The third-order valence-electron chi connectivity index (χ3n) is 3.02. The predicted octanol–water partition coefficient (Wildman–Crippen LogP) is 2.93. The van der Waals surface area contributed by atoms with E-state index < -0.39 is 0 Å². The normalized spacial score (nSPS) is 10.6. The monoisotopic (exact) mass is 384 g/mol. The number of nitrogens with one attached hydrogen (secondary N) is 1. The van der Waals surface area contributed by atoms with Gasteiger partial charge < -0.3 is 9.72 Å². The first-order valence-electron chi connectivity index (χ1n) is 6.55. The van der Waals surface area contributed by atoms with Crippen molar-refractivity contribution in [3.63, 3.8) is 0 Å². The van der Waals surface area contributed by atoms with Crippen molar-refractivity contribution in [1.29, 1.82) is 0 Å². The molecule has 2 aromatic rings. The van der Waals surface area contributed by atoms with Crippen LogP contribution in [0.4, 0.5) is 0 Å². The van der Waals surface area contributed by atoms with Crippen LogP contribution < -0.4 is 10.3 Å². The number of halogens is 1. The van der Waals surface area contributed by atoms with E-state index >= 15 is 0 Å². The number of rotatable bonds is 5. The summed E-state index contributed by atoms with van der Waals surface area (Å²) >= 11 is 2.06. The Balaban J connectivity index is 2.36. The lowest BCUT2D eigenvalue weighted by Gasteiger charge is -2.09. The first kappa shape index (κ1) is 15.0. The fraction of sp³-hybridized carbons (Fsp3) is 0.333. The number of aryl methyl sites for hydroxylation is 1. The van der Waals surface area contributed by atoms with Gasteiger partial charge in [-0.05, 0) is 35.1 Å². The van der Waals surface area contributed by atoms with Crippen LogP contribution in [0.2, 0.25) is 0 Å². The second-order valence-corrected chi connectivity index (χ2v) is 5.59. The number of nitrogens with zero attached hydrogens (tertiary/aromatic N) is 1. The maximum Gasteiger partial charge on any atom is 0.264 e. The highest BCUT2D eigenvalue weighted by Gasteiger charge is 2.10. The van der Waals surface area contributed by atoms with Crippen LogP contribution in [0.15, 0.2) is 29.1 Å². The molecular weight excluding hydrogens is 367 g/mol. The van der Waals surface area contributed by atoms with Crippen LogP contribution in [0, 0.1) is 3.57 Å². The minimum atomic E-state index is -0.0612. The number of aromatic nitrogens is 2. The van der Waals surface area contributed by atoms with Gasteiger partial charge in [-0.3, -0.25) is 4.79 Å². The molecule has 0 radical (unpaired) electrons. The molecule has 106 valence electrons. The summed E-state index contributed by atoms with van der Waals surface area (Å²) in [5, 5.41) is 0. The lowest BCUT2D eigenvalue weighted by molar-refractivity contribution is 0.410. The van der Waals surface area contributed by atoms with E-state index in [9.17, 15) is 4.79 Å². The van der Waals surface area contributed by atoms with E-state index in [4.69, 9.17) is 4.74 Å². The molecule has 0 unspecified atom stereocenters. The fourth-order valence-electron chi connectivity index (χ4n) is 2.07. The Morgan fingerprint density at radius 1 is 1.35 bits per heavy atom. The zero-order chi connectivity index (χ0) is 14.5. The highest BCUT2D eigenvalue weighted by Crippen LogP contribution is 2.19. The number of hydrogen-bond donors (Lipinski definition) is 1. The van der Waals surface area contributed by atoms with E-state index in [0.717, 1.165) is 29.8 Å². The van der Waals surface area contributed by atoms with Crippen molar-refractivity contribution in [3.8, 4) is 5.75 Å². The Kier molecular flexibility index (Phi) is 5.17. The third-order valence-corrected chi connectivity index (χ3v) is 4.13. The van der Waals surface area contributed by atoms with Crippen molar-refractivity contribution in [2.45, 2.75) is 26.2 Å². The van der Waals surface area contributed by atoms with Gasteiger partial charge in [0.1, 0.15) is 11.6 Å². The van der Waals surface area contributed by atoms with Gasteiger partial charge in [-0.25, -0.2) is 4.98 Å². The topological polar surface area (TPSA) is 55.0 Å². The number of methoxy groups -OCH3 is 1. The summed E-state index contributed by atoms with van der Waals surface area (Å²) in [6.07, 6.45) is 2.36. The fourth-order valence-corrected chi connectivity index (χ4v) is 2.60. The van der Waals surface area contributed by atoms with Crippen molar-refractivity contribution >= 4 is 22.6 Å². The Labute approximate surface area is 131 Å². The van der Waals surface area contributed by atoms with Gasteiger partial charge in [0, 0.05) is 12.0 Å². The van der Waals surface area contributed by atoms with Gasteiger partial charge in [-0.15, -0.1) is 0 Å². The van der Waals surface area contributed by atoms with Gasteiger partial charge in [0.05, 0.1) is 16.4 Å². The average Bonchev–Trinajstić information content (AvgIpc) is 2.45. The van der Waals surface area contributed by atoms with Gasteiger partial charge in [-0.2, -0.15) is 0 Å². The molecule has 1 aromatic carbocycles. The second kappa shape index (κ2) is 6.88. The summed E-state index contributed by atoms with van der Waals surface area (Å²) in [5.41, 5.74) is 1.83. The summed E-state index contributed by atoms with van der Waals surface area (Å²) in [6, 6.07) is 7.77. The van der Waals surface area contributed by atoms with Crippen molar-refractivity contribution in [2.75, 3.05) is 7.11 Å². The SMILES string of the molecule is CCCc1nc(Cc2ccccc2OC)[nH]c(=O)c1I. The number of H-pyrrole nitrogens is 1. The molecule has 1 aromatic heterocycles. The summed E-state index contributed by atoms with van der Waals surface area (Å²) in [7, 11) is 1.64. The Morgan fingerprint density at radius 2 is 2.10 bits per heavy atom. The summed E-state index contributed by atoms with van der Waals surface area (Å²) < 4.78 is 6.02. The first-order chi connectivity index (χ1) is 9.65. The van der Waals surface area contributed by atoms with Crippen LogP contribution in [0.25, 0.3) is 0 Å². The molecule has 0 aliphatic carbocycles. The van der Waals surface area contributed by atoms with Gasteiger partial charge in [0.15, 0.2) is 0 Å². The van der Waals surface area contributed by atoms with E-state index in [2.05, 4.69) is 39.5 Å². The predicted molar refractivity (Wildman–Crippen MR) is 87.4 cm³/mol. The molecule has 0 saturated carbocycles. The molecule has 0 saturated heterocycles. The Bertz CT molecular complexity index is 653. The number of aromatic amines is 1. The molecule has 0 aliphatic rings. The zero-order valence-corrected chi connectivity index (χ0v) is 13.7. The standard InChI is InChI=1S/C15H17IN2O2/c1-3-6-11-14(16)15(19)18-13(17-11)9-10-7-4-5-8-12(10)20-2/h4-5,7-8H,3,6,9H2,1-2H3,(H,17,18,19). The van der Waals surface area contributed by atoms with Crippen LogP contribution in [-0.4, -0.2) is 17.1 Å². The Morgan fingerprint density at radius 3 is 2.80 bits per heavy atom. The van der Waals surface area contributed by atoms with Gasteiger partial charge in [-0.1, -0.05) is 31.5 Å². The van der Waals surface area contributed by atoms with E-state index in [0.29, 0.717) is 15.8 Å². The Hall–Kier alpha value is -1.37. The van der Waals surface area contributed by atoms with E-state index in [1.807, 2.05) is 24.3 Å². The molecule has 0 spiro atoms. The summed E-state index contributed by atoms with van der Waals surface area (Å²) in [5.74, 6) is 1.49. The summed E-state index contributed by atoms with van der Waals surface area (Å²) in [6.45, 7) is 2.08. The van der Waals surface area contributed by atoms with Crippen molar-refractivity contribution in [1.82, 2.24) is 9.97 Å². The number of benzene rings is 1.